The molecule has 1 rings (SSSR count). The van der Waals surface area contributed by atoms with Crippen LogP contribution in [0.4, 0.5) is 0 Å². The predicted octanol–water partition coefficient (Wildman–Crippen LogP) is 3.24. The molecule has 0 saturated carbocycles. The van der Waals surface area contributed by atoms with Gasteiger partial charge in [-0.25, -0.2) is 0 Å². The van der Waals surface area contributed by atoms with Crippen LogP contribution in [0.2, 0.25) is 0 Å². The minimum atomic E-state index is 0.418. The van der Waals surface area contributed by atoms with Crippen molar-refractivity contribution >= 4 is 0 Å². The Hall–Kier alpha value is -0.0400. The van der Waals surface area contributed by atoms with Crippen LogP contribution in [0.3, 0.4) is 0 Å². The third kappa shape index (κ3) is 2.22. The Labute approximate surface area is 76.5 Å². The van der Waals surface area contributed by atoms with E-state index in [1.807, 2.05) is 0 Å². The minimum Gasteiger partial charge on any atom is -0.378 e. The third-order valence-corrected chi connectivity index (χ3v) is 2.95. The van der Waals surface area contributed by atoms with Crippen LogP contribution in [0.15, 0.2) is 0 Å². The molecule has 0 amide bonds. The Morgan fingerprint density at radius 2 is 2.00 bits per heavy atom. The fourth-order valence-corrected chi connectivity index (χ4v) is 2.23. The van der Waals surface area contributed by atoms with Crippen LogP contribution in [0.1, 0.15) is 47.0 Å². The second-order valence-electron chi connectivity index (χ2n) is 4.93. The summed E-state index contributed by atoms with van der Waals surface area (Å²) in [6, 6.07) is 0. The molecule has 0 aromatic rings. The van der Waals surface area contributed by atoms with Crippen molar-refractivity contribution in [3.05, 3.63) is 0 Å². The van der Waals surface area contributed by atoms with Crippen LogP contribution in [0, 0.1) is 11.3 Å². The average Bonchev–Trinajstić information content (AvgIpc) is 2.03. The molecule has 1 nitrogen and oxygen atoms in total. The lowest BCUT2D eigenvalue weighted by atomic mass is 9.73. The summed E-state index contributed by atoms with van der Waals surface area (Å²) < 4.78 is 5.77. The second-order valence-corrected chi connectivity index (χ2v) is 4.93. The van der Waals surface area contributed by atoms with Crippen LogP contribution in [-0.4, -0.2) is 12.7 Å². The topological polar surface area (TPSA) is 9.23 Å². The standard InChI is InChI=1S/C11H22O/c1-5-10-9(11(2,3)4)7-6-8-12-10/h9-10H,5-8H2,1-4H3. The van der Waals surface area contributed by atoms with Crippen molar-refractivity contribution in [2.24, 2.45) is 11.3 Å². The molecule has 72 valence electrons. The first-order valence-corrected chi connectivity index (χ1v) is 5.17. The quantitative estimate of drug-likeness (QED) is 0.587. The molecule has 1 aliphatic heterocycles. The molecule has 1 fully saturated rings. The van der Waals surface area contributed by atoms with Crippen LogP contribution in [0.25, 0.3) is 0 Å². The van der Waals surface area contributed by atoms with E-state index in [-0.39, 0.29) is 0 Å². The van der Waals surface area contributed by atoms with Crippen LogP contribution < -0.4 is 0 Å². The largest absolute Gasteiger partial charge is 0.378 e. The number of ether oxygens (including phenoxy) is 1. The zero-order chi connectivity index (χ0) is 9.19. The predicted molar refractivity (Wildman–Crippen MR) is 52.2 cm³/mol. The summed E-state index contributed by atoms with van der Waals surface area (Å²) in [5, 5.41) is 0. The molecule has 2 atom stereocenters. The van der Waals surface area contributed by atoms with E-state index in [1.165, 1.54) is 19.3 Å². The third-order valence-electron chi connectivity index (χ3n) is 2.95. The van der Waals surface area contributed by atoms with Gasteiger partial charge in [-0.15, -0.1) is 0 Å². The molecule has 0 aliphatic carbocycles. The van der Waals surface area contributed by atoms with Crippen molar-refractivity contribution in [1.82, 2.24) is 0 Å². The van der Waals surface area contributed by atoms with E-state index in [0.717, 1.165) is 12.5 Å². The molecule has 0 radical (unpaired) electrons. The molecule has 0 N–H and O–H groups in total. The lowest BCUT2D eigenvalue weighted by Gasteiger charge is -2.39. The molecule has 1 heteroatoms. The number of rotatable bonds is 1. The Morgan fingerprint density at radius 1 is 1.33 bits per heavy atom. The summed E-state index contributed by atoms with van der Waals surface area (Å²) >= 11 is 0. The van der Waals surface area contributed by atoms with Gasteiger partial charge < -0.3 is 4.74 Å². The van der Waals surface area contributed by atoms with Crippen molar-refractivity contribution in [3.8, 4) is 0 Å². The van der Waals surface area contributed by atoms with Gasteiger partial charge in [-0.1, -0.05) is 27.7 Å². The molecule has 0 bridgehead atoms. The SMILES string of the molecule is CCC1OCCCC1C(C)(C)C. The number of hydrogen-bond donors (Lipinski definition) is 0. The van der Waals surface area contributed by atoms with Gasteiger partial charge in [0.25, 0.3) is 0 Å². The highest BCUT2D eigenvalue weighted by Crippen LogP contribution is 2.37. The highest BCUT2D eigenvalue weighted by Gasteiger charge is 2.33. The first kappa shape index (κ1) is 10.0. The molecule has 1 heterocycles. The lowest BCUT2D eigenvalue weighted by Crippen LogP contribution is -2.37. The van der Waals surface area contributed by atoms with Crippen molar-refractivity contribution in [2.45, 2.75) is 53.1 Å². The van der Waals surface area contributed by atoms with E-state index in [0.29, 0.717) is 11.5 Å². The van der Waals surface area contributed by atoms with Gasteiger partial charge in [-0.2, -0.15) is 0 Å². The molecular formula is C11H22O. The second kappa shape index (κ2) is 3.78. The molecule has 2 unspecified atom stereocenters. The minimum absolute atomic E-state index is 0.418. The summed E-state index contributed by atoms with van der Waals surface area (Å²) in [5.74, 6) is 0.760. The Kier molecular flexibility index (Phi) is 3.16. The molecular weight excluding hydrogens is 148 g/mol. The monoisotopic (exact) mass is 170 g/mol. The summed E-state index contributed by atoms with van der Waals surface area (Å²) in [5.41, 5.74) is 0.418. The van der Waals surface area contributed by atoms with Gasteiger partial charge in [0.05, 0.1) is 6.10 Å². The van der Waals surface area contributed by atoms with Crippen molar-refractivity contribution in [2.75, 3.05) is 6.61 Å². The summed E-state index contributed by atoms with van der Waals surface area (Å²) in [4.78, 5) is 0. The maximum absolute atomic E-state index is 5.77. The van der Waals surface area contributed by atoms with E-state index in [4.69, 9.17) is 4.74 Å². The maximum Gasteiger partial charge on any atom is 0.0605 e. The smallest absolute Gasteiger partial charge is 0.0605 e. The highest BCUT2D eigenvalue weighted by molar-refractivity contribution is 4.82. The van der Waals surface area contributed by atoms with Gasteiger partial charge in [0, 0.05) is 6.61 Å². The fourth-order valence-electron chi connectivity index (χ4n) is 2.23. The van der Waals surface area contributed by atoms with Gasteiger partial charge in [-0.05, 0) is 30.6 Å². The van der Waals surface area contributed by atoms with Crippen molar-refractivity contribution < 1.29 is 4.74 Å². The fraction of sp³-hybridized carbons (Fsp3) is 1.00. The van der Waals surface area contributed by atoms with Crippen LogP contribution in [-0.2, 0) is 4.74 Å². The molecule has 0 aromatic heterocycles. The van der Waals surface area contributed by atoms with E-state index in [1.54, 1.807) is 0 Å². The molecule has 0 aromatic carbocycles. The van der Waals surface area contributed by atoms with E-state index < -0.39 is 0 Å². The average molecular weight is 170 g/mol. The summed E-state index contributed by atoms with van der Waals surface area (Å²) in [6.45, 7) is 10.2. The van der Waals surface area contributed by atoms with E-state index in [9.17, 15) is 0 Å². The molecule has 1 saturated heterocycles. The van der Waals surface area contributed by atoms with Gasteiger partial charge in [0.2, 0.25) is 0 Å². The van der Waals surface area contributed by atoms with Crippen molar-refractivity contribution in [1.29, 1.82) is 0 Å². The van der Waals surface area contributed by atoms with Gasteiger partial charge in [0.15, 0.2) is 0 Å². The van der Waals surface area contributed by atoms with Crippen LogP contribution >= 0.6 is 0 Å². The normalized spacial score (nSPS) is 32.0. The maximum atomic E-state index is 5.77. The van der Waals surface area contributed by atoms with E-state index in [2.05, 4.69) is 27.7 Å². The van der Waals surface area contributed by atoms with Gasteiger partial charge >= 0.3 is 0 Å². The molecule has 0 spiro atoms. The number of hydrogen-bond acceptors (Lipinski definition) is 1. The molecule has 12 heavy (non-hydrogen) atoms. The zero-order valence-corrected chi connectivity index (χ0v) is 8.89. The Bertz CT molecular complexity index is 134. The summed E-state index contributed by atoms with van der Waals surface area (Å²) in [7, 11) is 0. The Morgan fingerprint density at radius 3 is 2.42 bits per heavy atom. The van der Waals surface area contributed by atoms with E-state index >= 15 is 0 Å². The highest BCUT2D eigenvalue weighted by atomic mass is 16.5. The van der Waals surface area contributed by atoms with Crippen molar-refractivity contribution in [3.63, 3.8) is 0 Å². The Balaban J connectivity index is 2.59. The summed E-state index contributed by atoms with van der Waals surface area (Å²) in [6.07, 6.45) is 4.28. The molecule has 1 aliphatic rings. The first-order valence-electron chi connectivity index (χ1n) is 5.17. The zero-order valence-electron chi connectivity index (χ0n) is 8.89. The van der Waals surface area contributed by atoms with Gasteiger partial charge in [0.1, 0.15) is 0 Å². The van der Waals surface area contributed by atoms with Crippen LogP contribution in [0.5, 0.6) is 0 Å². The first-order chi connectivity index (χ1) is 5.55. The lowest BCUT2D eigenvalue weighted by molar-refractivity contribution is -0.0644. The van der Waals surface area contributed by atoms with Gasteiger partial charge in [-0.3, -0.25) is 0 Å².